The third-order valence-corrected chi connectivity index (χ3v) is 5.30. The van der Waals surface area contributed by atoms with Crippen molar-refractivity contribution in [1.29, 1.82) is 5.41 Å². The third kappa shape index (κ3) is 2.56. The van der Waals surface area contributed by atoms with Crippen LogP contribution in [0.15, 0.2) is 60.7 Å². The number of nitrogens with one attached hydrogen (secondary N) is 1. The normalized spacial score (nSPS) is 14.6. The van der Waals surface area contributed by atoms with Crippen molar-refractivity contribution in [2.24, 2.45) is 0 Å². The number of anilines is 2. The molecule has 1 saturated heterocycles. The number of amides is 2. The minimum atomic E-state index is -0.422. The number of rotatable bonds is 2. The zero-order valence-electron chi connectivity index (χ0n) is 13.2. The van der Waals surface area contributed by atoms with E-state index in [2.05, 4.69) is 0 Å². The summed E-state index contributed by atoms with van der Waals surface area (Å²) in [4.78, 5) is 15.8. The summed E-state index contributed by atoms with van der Waals surface area (Å²) in [6, 6.07) is 17.7. The highest BCUT2D eigenvalue weighted by molar-refractivity contribution is 7.82. The molecular formula is C19H11Cl2N3OS. The molecule has 1 heterocycles. The molecule has 0 atom stereocenters. The van der Waals surface area contributed by atoms with Crippen LogP contribution < -0.4 is 9.80 Å². The summed E-state index contributed by atoms with van der Waals surface area (Å²) in [7, 11) is 0. The van der Waals surface area contributed by atoms with E-state index in [1.54, 1.807) is 24.3 Å². The van der Waals surface area contributed by atoms with Crippen molar-refractivity contribution in [2.75, 3.05) is 9.80 Å². The highest BCUT2D eigenvalue weighted by atomic mass is 35.5. The molecule has 0 radical (unpaired) electrons. The summed E-state index contributed by atoms with van der Waals surface area (Å²) >= 11 is 17.4. The molecule has 3 aromatic carbocycles. The average molecular weight is 400 g/mol. The van der Waals surface area contributed by atoms with Crippen LogP contribution in [-0.4, -0.2) is 16.9 Å². The van der Waals surface area contributed by atoms with E-state index in [0.29, 0.717) is 21.4 Å². The SMILES string of the molecule is N=C1C(=S)N(c2ccc(Cl)c(Cl)c2)C(=O)N1c1cccc2ccccc12. The monoisotopic (exact) mass is 399 g/mol. The van der Waals surface area contributed by atoms with Crippen molar-refractivity contribution in [3.8, 4) is 0 Å². The molecule has 128 valence electrons. The second-order valence-corrected chi connectivity index (χ2v) is 6.90. The Morgan fingerprint density at radius 3 is 2.38 bits per heavy atom. The lowest BCUT2D eigenvalue weighted by Gasteiger charge is -2.19. The second-order valence-electron chi connectivity index (χ2n) is 5.70. The number of thiocarbonyl (C=S) groups is 1. The number of nitrogens with zero attached hydrogens (tertiary/aromatic N) is 2. The van der Waals surface area contributed by atoms with E-state index in [-0.39, 0.29) is 10.8 Å². The summed E-state index contributed by atoms with van der Waals surface area (Å²) in [6.45, 7) is 0. The molecule has 3 aromatic rings. The number of amidine groups is 1. The van der Waals surface area contributed by atoms with E-state index >= 15 is 0 Å². The molecule has 0 aliphatic carbocycles. The van der Waals surface area contributed by atoms with Gasteiger partial charge in [0.2, 0.25) is 0 Å². The molecule has 4 rings (SSSR count). The quantitative estimate of drug-likeness (QED) is 0.545. The largest absolute Gasteiger partial charge is 0.340 e. The van der Waals surface area contributed by atoms with Gasteiger partial charge >= 0.3 is 6.03 Å². The van der Waals surface area contributed by atoms with Crippen molar-refractivity contribution in [2.45, 2.75) is 0 Å². The lowest BCUT2D eigenvalue weighted by Crippen LogP contribution is -2.33. The molecule has 4 nitrogen and oxygen atoms in total. The van der Waals surface area contributed by atoms with Crippen molar-refractivity contribution in [1.82, 2.24) is 0 Å². The molecule has 1 N–H and O–H groups in total. The van der Waals surface area contributed by atoms with Gasteiger partial charge < -0.3 is 0 Å². The molecule has 0 aromatic heterocycles. The first-order chi connectivity index (χ1) is 12.5. The maximum atomic E-state index is 13.1. The second kappa shape index (κ2) is 6.36. The summed E-state index contributed by atoms with van der Waals surface area (Å²) in [6.07, 6.45) is 0. The van der Waals surface area contributed by atoms with Gasteiger partial charge in [-0.2, -0.15) is 0 Å². The van der Waals surface area contributed by atoms with Gasteiger partial charge in [-0.3, -0.25) is 5.41 Å². The van der Waals surface area contributed by atoms with Crippen LogP contribution >= 0.6 is 35.4 Å². The van der Waals surface area contributed by atoms with Gasteiger partial charge in [-0.1, -0.05) is 71.8 Å². The average Bonchev–Trinajstić information content (AvgIpc) is 2.86. The van der Waals surface area contributed by atoms with Gasteiger partial charge in [0.1, 0.15) is 0 Å². The van der Waals surface area contributed by atoms with E-state index in [9.17, 15) is 4.79 Å². The Balaban J connectivity index is 1.84. The molecule has 1 fully saturated rings. The molecular weight excluding hydrogens is 389 g/mol. The van der Waals surface area contributed by atoms with Crippen molar-refractivity contribution >= 4 is 74.4 Å². The van der Waals surface area contributed by atoms with Gasteiger partial charge in [-0.15, -0.1) is 0 Å². The predicted molar refractivity (Wildman–Crippen MR) is 111 cm³/mol. The van der Waals surface area contributed by atoms with Gasteiger partial charge in [0, 0.05) is 5.39 Å². The molecule has 2 amide bonds. The first kappa shape index (κ1) is 17.0. The minimum Gasteiger partial charge on any atom is -0.281 e. The molecule has 0 spiro atoms. The number of halogens is 2. The molecule has 26 heavy (non-hydrogen) atoms. The third-order valence-electron chi connectivity index (χ3n) is 4.18. The smallest absolute Gasteiger partial charge is 0.281 e. The van der Waals surface area contributed by atoms with Crippen LogP contribution in [0, 0.1) is 5.41 Å². The van der Waals surface area contributed by atoms with E-state index < -0.39 is 6.03 Å². The summed E-state index contributed by atoms with van der Waals surface area (Å²) in [5.74, 6) is -0.0487. The van der Waals surface area contributed by atoms with E-state index in [1.165, 1.54) is 9.80 Å². The Bertz CT molecular complexity index is 1090. The number of hydrogen-bond donors (Lipinski definition) is 1. The Morgan fingerprint density at radius 1 is 0.885 bits per heavy atom. The van der Waals surface area contributed by atoms with Crippen LogP contribution in [-0.2, 0) is 0 Å². The topological polar surface area (TPSA) is 47.4 Å². The predicted octanol–water partition coefficient (Wildman–Crippen LogP) is 5.90. The number of fused-ring (bicyclic) bond motifs is 1. The van der Waals surface area contributed by atoms with Crippen molar-refractivity contribution in [3.05, 3.63) is 70.7 Å². The summed E-state index contributed by atoms with van der Waals surface area (Å²) in [5.41, 5.74) is 1.09. The zero-order chi connectivity index (χ0) is 18.4. The fourth-order valence-corrected chi connectivity index (χ4v) is 3.53. The molecule has 0 unspecified atom stereocenters. The highest BCUT2D eigenvalue weighted by Gasteiger charge is 2.41. The highest BCUT2D eigenvalue weighted by Crippen LogP contribution is 2.34. The zero-order valence-corrected chi connectivity index (χ0v) is 15.6. The van der Waals surface area contributed by atoms with E-state index in [4.69, 9.17) is 40.8 Å². The number of carbonyl (C=O) groups is 1. The number of benzene rings is 3. The van der Waals surface area contributed by atoms with Crippen LogP contribution in [0.1, 0.15) is 0 Å². The molecule has 0 saturated carbocycles. The minimum absolute atomic E-state index is 0.0487. The Kier molecular flexibility index (Phi) is 4.15. The molecule has 1 aliphatic rings. The Hall–Kier alpha value is -2.47. The lowest BCUT2D eigenvalue weighted by molar-refractivity contribution is 0.257. The van der Waals surface area contributed by atoms with Gasteiger partial charge in [0.05, 0.1) is 21.4 Å². The fourth-order valence-electron chi connectivity index (χ4n) is 2.96. The van der Waals surface area contributed by atoms with Crippen LogP contribution in [0.3, 0.4) is 0 Å². The van der Waals surface area contributed by atoms with Crippen LogP contribution in [0.5, 0.6) is 0 Å². The van der Waals surface area contributed by atoms with Crippen LogP contribution in [0.2, 0.25) is 10.0 Å². The maximum Gasteiger partial charge on any atom is 0.340 e. The molecule has 0 bridgehead atoms. The summed E-state index contributed by atoms with van der Waals surface area (Å²) < 4.78 is 0. The number of hydrogen-bond acceptors (Lipinski definition) is 3. The maximum absolute atomic E-state index is 13.1. The van der Waals surface area contributed by atoms with Gasteiger partial charge in [0.15, 0.2) is 10.8 Å². The van der Waals surface area contributed by atoms with Crippen molar-refractivity contribution in [3.63, 3.8) is 0 Å². The van der Waals surface area contributed by atoms with Crippen LogP contribution in [0.4, 0.5) is 16.2 Å². The number of urea groups is 1. The standard InChI is InChI=1S/C19H11Cl2N3OS/c20-14-9-8-12(10-15(14)21)23-18(26)17(22)24(19(23)25)16-7-3-5-11-4-1-2-6-13(11)16/h1-10,22H. The van der Waals surface area contributed by atoms with Crippen molar-refractivity contribution < 1.29 is 4.79 Å². The van der Waals surface area contributed by atoms with Gasteiger partial charge in [-0.05, 0) is 29.7 Å². The van der Waals surface area contributed by atoms with E-state index in [1.807, 2.05) is 36.4 Å². The molecule has 1 aliphatic heterocycles. The summed E-state index contributed by atoms with van der Waals surface area (Å²) in [5, 5.41) is 10.9. The number of carbonyl (C=O) groups excluding carboxylic acids is 1. The Labute approximate surface area is 165 Å². The first-order valence-corrected chi connectivity index (χ1v) is 8.85. The van der Waals surface area contributed by atoms with Gasteiger partial charge in [-0.25, -0.2) is 14.6 Å². The van der Waals surface area contributed by atoms with E-state index in [0.717, 1.165) is 10.8 Å². The Morgan fingerprint density at radius 2 is 1.62 bits per heavy atom. The molecule has 7 heteroatoms. The van der Waals surface area contributed by atoms with Crippen LogP contribution in [0.25, 0.3) is 10.8 Å². The fraction of sp³-hybridized carbons (Fsp3) is 0. The first-order valence-electron chi connectivity index (χ1n) is 7.69. The van der Waals surface area contributed by atoms with Gasteiger partial charge in [0.25, 0.3) is 0 Å². The lowest BCUT2D eigenvalue weighted by atomic mass is 10.1.